The molecule has 0 radical (unpaired) electrons. The average Bonchev–Trinajstić information content (AvgIpc) is 2.71. The number of nitrogens with one attached hydrogen (secondary N) is 3. The van der Waals surface area contributed by atoms with Crippen LogP contribution in [0.3, 0.4) is 0 Å². The van der Waals surface area contributed by atoms with E-state index in [1.807, 2.05) is 10.6 Å². The van der Waals surface area contributed by atoms with E-state index < -0.39 is 98.1 Å². The van der Waals surface area contributed by atoms with E-state index in [-0.39, 0.29) is 6.42 Å². The number of hydrogen-bond donors (Lipinski definition) is 9. The van der Waals surface area contributed by atoms with E-state index in [4.69, 9.17) is 31.3 Å². The average molecular weight is 478 g/mol. The second kappa shape index (κ2) is 14.3. The second-order valence-corrected chi connectivity index (χ2v) is 6.77. The third-order valence-corrected chi connectivity index (χ3v) is 4.09. The lowest BCUT2D eigenvalue weighted by atomic mass is 10.1. The number of aliphatic carboxylic acids is 4. The molecule has 0 heterocycles. The van der Waals surface area contributed by atoms with Gasteiger partial charge in [0.05, 0.1) is 19.1 Å². The molecule has 4 atom stereocenters. The van der Waals surface area contributed by atoms with Crippen molar-refractivity contribution in [2.45, 2.75) is 56.3 Å². The van der Waals surface area contributed by atoms with Crippen LogP contribution in [0, 0.1) is 0 Å². The van der Waals surface area contributed by atoms with E-state index in [2.05, 4.69) is 5.32 Å². The lowest BCUT2D eigenvalue weighted by Crippen LogP contribution is -2.58. The summed E-state index contributed by atoms with van der Waals surface area (Å²) in [6, 6.07) is -6.59. The number of amides is 3. The molecule has 0 spiro atoms. The van der Waals surface area contributed by atoms with Gasteiger partial charge in [0.25, 0.3) is 0 Å². The van der Waals surface area contributed by atoms with Crippen LogP contribution in [0.1, 0.15) is 32.1 Å². The summed E-state index contributed by atoms with van der Waals surface area (Å²) in [7, 11) is 0. The molecule has 0 aliphatic heterocycles. The highest BCUT2D eigenvalue weighted by Gasteiger charge is 2.31. The van der Waals surface area contributed by atoms with Gasteiger partial charge < -0.3 is 47.2 Å². The molecule has 186 valence electrons. The largest absolute Gasteiger partial charge is 0.481 e. The Hall–Kier alpha value is -3.79. The van der Waals surface area contributed by atoms with Crippen molar-refractivity contribution in [2.24, 2.45) is 5.73 Å². The zero-order valence-electron chi connectivity index (χ0n) is 17.2. The SMILES string of the molecule is NC(CCC(=O)O)C(=O)NC(CCC(=O)O)C(=O)NC(CC(=O)O)C(=O)NC(CO)C(=O)O. The predicted octanol–water partition coefficient (Wildman–Crippen LogP) is -3.95. The molecule has 0 aromatic carbocycles. The van der Waals surface area contributed by atoms with Crippen LogP contribution in [-0.2, 0) is 33.6 Å². The van der Waals surface area contributed by atoms with Crippen LogP contribution < -0.4 is 21.7 Å². The van der Waals surface area contributed by atoms with E-state index in [0.717, 1.165) is 0 Å². The maximum Gasteiger partial charge on any atom is 0.328 e. The first-order chi connectivity index (χ1) is 15.3. The molecule has 3 amide bonds. The van der Waals surface area contributed by atoms with Crippen molar-refractivity contribution >= 4 is 41.6 Å². The zero-order valence-corrected chi connectivity index (χ0v) is 17.2. The highest BCUT2D eigenvalue weighted by Crippen LogP contribution is 2.04. The Morgan fingerprint density at radius 2 is 1.09 bits per heavy atom. The van der Waals surface area contributed by atoms with E-state index in [9.17, 15) is 33.6 Å². The van der Waals surface area contributed by atoms with Crippen molar-refractivity contribution in [1.82, 2.24) is 16.0 Å². The van der Waals surface area contributed by atoms with Crippen molar-refractivity contribution in [2.75, 3.05) is 6.61 Å². The number of carbonyl (C=O) groups is 7. The highest BCUT2D eigenvalue weighted by atomic mass is 16.4. The molecule has 0 aromatic rings. The van der Waals surface area contributed by atoms with E-state index in [0.29, 0.717) is 0 Å². The fourth-order valence-corrected chi connectivity index (χ4v) is 2.34. The molecule has 4 unspecified atom stereocenters. The van der Waals surface area contributed by atoms with Gasteiger partial charge in [-0.15, -0.1) is 0 Å². The minimum Gasteiger partial charge on any atom is -0.481 e. The highest BCUT2D eigenvalue weighted by molar-refractivity contribution is 5.95. The van der Waals surface area contributed by atoms with Gasteiger partial charge in [-0.3, -0.25) is 28.8 Å². The topological polar surface area (TPSA) is 283 Å². The van der Waals surface area contributed by atoms with Gasteiger partial charge in [0, 0.05) is 12.8 Å². The molecular formula is C17H26N4O12. The van der Waals surface area contributed by atoms with Crippen LogP contribution in [0.25, 0.3) is 0 Å². The summed E-state index contributed by atoms with van der Waals surface area (Å²) in [5.74, 6) is -9.21. The summed E-state index contributed by atoms with van der Waals surface area (Å²) < 4.78 is 0. The molecule has 0 fully saturated rings. The summed E-state index contributed by atoms with van der Waals surface area (Å²) in [6.45, 7) is -1.03. The standard InChI is InChI=1S/C17H26N4O12/c18-7(1-3-11(23)24)14(29)19-8(2-4-12(25)26)15(30)20-9(5-13(27)28)16(31)21-10(6-22)17(32)33/h7-10,22H,1-6,18H2,(H,19,29)(H,20,30)(H,21,31)(H,23,24)(H,25,26)(H,27,28)(H,32,33). The normalized spacial score (nSPS) is 14.1. The molecule has 0 aromatic heterocycles. The Morgan fingerprint density at radius 3 is 1.55 bits per heavy atom. The van der Waals surface area contributed by atoms with Crippen molar-refractivity contribution in [3.05, 3.63) is 0 Å². The molecule has 0 saturated carbocycles. The molecule has 0 saturated heterocycles. The van der Waals surface area contributed by atoms with Gasteiger partial charge in [0.1, 0.15) is 18.1 Å². The Labute approximate surface area is 186 Å². The van der Waals surface area contributed by atoms with E-state index in [1.54, 1.807) is 0 Å². The summed E-state index contributed by atoms with van der Waals surface area (Å²) in [6.07, 6.45) is -2.88. The van der Waals surface area contributed by atoms with Gasteiger partial charge in [0.2, 0.25) is 17.7 Å². The van der Waals surface area contributed by atoms with Crippen LogP contribution in [-0.4, -0.2) is 97.9 Å². The third kappa shape index (κ3) is 12.0. The first-order valence-electron chi connectivity index (χ1n) is 9.44. The fraction of sp³-hybridized carbons (Fsp3) is 0.588. The first kappa shape index (κ1) is 29.2. The lowest BCUT2D eigenvalue weighted by molar-refractivity contribution is -0.144. The molecule has 0 aliphatic carbocycles. The summed E-state index contributed by atoms with van der Waals surface area (Å²) in [5.41, 5.74) is 5.54. The predicted molar refractivity (Wildman–Crippen MR) is 104 cm³/mol. The van der Waals surface area contributed by atoms with Gasteiger partial charge in [-0.05, 0) is 12.8 Å². The van der Waals surface area contributed by atoms with Crippen LogP contribution in [0.2, 0.25) is 0 Å². The molecule has 0 aliphatic rings. The van der Waals surface area contributed by atoms with Crippen molar-refractivity contribution in [1.29, 1.82) is 0 Å². The van der Waals surface area contributed by atoms with Crippen molar-refractivity contribution in [3.63, 3.8) is 0 Å². The van der Waals surface area contributed by atoms with Crippen molar-refractivity contribution in [3.8, 4) is 0 Å². The number of carbonyl (C=O) groups excluding carboxylic acids is 3. The van der Waals surface area contributed by atoms with Crippen LogP contribution in [0.4, 0.5) is 0 Å². The minimum absolute atomic E-state index is 0.295. The van der Waals surface area contributed by atoms with Gasteiger partial charge in [-0.2, -0.15) is 0 Å². The number of hydrogen-bond acceptors (Lipinski definition) is 9. The number of nitrogens with two attached hydrogens (primary N) is 1. The van der Waals surface area contributed by atoms with Gasteiger partial charge >= 0.3 is 23.9 Å². The Balaban J connectivity index is 5.48. The van der Waals surface area contributed by atoms with Crippen molar-refractivity contribution < 1.29 is 59.1 Å². The molecule has 10 N–H and O–H groups in total. The van der Waals surface area contributed by atoms with Crippen LogP contribution in [0.5, 0.6) is 0 Å². The summed E-state index contributed by atoms with van der Waals surface area (Å²) >= 11 is 0. The summed E-state index contributed by atoms with van der Waals surface area (Å²) in [5, 5.41) is 50.2. The molecular weight excluding hydrogens is 452 g/mol. The fourth-order valence-electron chi connectivity index (χ4n) is 2.34. The van der Waals surface area contributed by atoms with Crippen LogP contribution >= 0.6 is 0 Å². The Morgan fingerprint density at radius 1 is 0.636 bits per heavy atom. The second-order valence-electron chi connectivity index (χ2n) is 6.77. The molecule has 33 heavy (non-hydrogen) atoms. The monoisotopic (exact) mass is 478 g/mol. The maximum atomic E-state index is 12.6. The lowest BCUT2D eigenvalue weighted by Gasteiger charge is -2.24. The Kier molecular flexibility index (Phi) is 12.7. The number of carboxylic acid groups (broad SMARTS) is 4. The van der Waals surface area contributed by atoms with Gasteiger partial charge in [0.15, 0.2) is 0 Å². The minimum atomic E-state index is -1.84. The Bertz CT molecular complexity index is 771. The molecule has 16 heteroatoms. The smallest absolute Gasteiger partial charge is 0.328 e. The molecule has 0 rings (SSSR count). The van der Waals surface area contributed by atoms with Gasteiger partial charge in [-0.1, -0.05) is 0 Å². The quantitative estimate of drug-likeness (QED) is 0.102. The maximum absolute atomic E-state index is 12.6. The number of aliphatic hydroxyl groups is 1. The zero-order chi connectivity index (χ0) is 25.7. The van der Waals surface area contributed by atoms with Gasteiger partial charge in [-0.25, -0.2) is 4.79 Å². The summed E-state index contributed by atoms with van der Waals surface area (Å²) in [4.78, 5) is 80.4. The number of rotatable bonds is 16. The van der Waals surface area contributed by atoms with E-state index in [1.165, 1.54) is 0 Å². The number of aliphatic hydroxyl groups excluding tert-OH is 1. The number of carboxylic acids is 4. The molecule has 16 nitrogen and oxygen atoms in total. The van der Waals surface area contributed by atoms with E-state index >= 15 is 0 Å². The molecule has 0 bridgehead atoms. The third-order valence-electron chi connectivity index (χ3n) is 4.09. The first-order valence-corrected chi connectivity index (χ1v) is 9.44. The van der Waals surface area contributed by atoms with Crippen LogP contribution in [0.15, 0.2) is 0 Å².